The number of nitrogens with zero attached hydrogens (tertiary/aromatic N) is 4. The van der Waals surface area contributed by atoms with Gasteiger partial charge in [0.1, 0.15) is 15.8 Å². The van der Waals surface area contributed by atoms with E-state index in [-0.39, 0.29) is 11.5 Å². The molecule has 0 fully saturated rings. The van der Waals surface area contributed by atoms with Crippen molar-refractivity contribution in [1.29, 1.82) is 0 Å². The second kappa shape index (κ2) is 7.64. The molecule has 0 saturated heterocycles. The first-order chi connectivity index (χ1) is 13.5. The zero-order valence-corrected chi connectivity index (χ0v) is 17.4. The van der Waals surface area contributed by atoms with Crippen molar-refractivity contribution >= 4 is 39.1 Å². The predicted molar refractivity (Wildman–Crippen MR) is 111 cm³/mol. The molecule has 0 aromatic carbocycles. The number of carbonyl (C=O) groups excluding carboxylic acids is 1. The van der Waals surface area contributed by atoms with Gasteiger partial charge in [-0.15, -0.1) is 11.3 Å². The first-order valence-electron chi connectivity index (χ1n) is 9.34. The Bertz CT molecular complexity index is 1100. The van der Waals surface area contributed by atoms with E-state index < -0.39 is 0 Å². The number of halogens is 1. The standard InChI is InChI=1S/C20H21ClN4O2S/c1-12-16-18(23-15-6-4-3-5-9-25(15)19(16)26)28-17(12)20(27)24(2)11-13-7-8-14(21)22-10-13/h7-8,10H,3-6,9,11H2,1-2H3. The number of aryl methyl sites for hydroxylation is 2. The van der Waals surface area contributed by atoms with E-state index in [1.54, 1.807) is 28.8 Å². The lowest BCUT2D eigenvalue weighted by Gasteiger charge is -2.16. The molecule has 28 heavy (non-hydrogen) atoms. The summed E-state index contributed by atoms with van der Waals surface area (Å²) in [7, 11) is 1.75. The Morgan fingerprint density at radius 3 is 2.89 bits per heavy atom. The molecule has 0 atom stereocenters. The maximum atomic E-state index is 13.1. The third-order valence-electron chi connectivity index (χ3n) is 5.16. The van der Waals surface area contributed by atoms with E-state index in [9.17, 15) is 9.59 Å². The molecule has 0 N–H and O–H groups in total. The minimum Gasteiger partial charge on any atom is -0.337 e. The summed E-state index contributed by atoms with van der Waals surface area (Å²) in [5.41, 5.74) is 1.60. The lowest BCUT2D eigenvalue weighted by Crippen LogP contribution is -2.26. The van der Waals surface area contributed by atoms with E-state index in [2.05, 4.69) is 4.98 Å². The summed E-state index contributed by atoms with van der Waals surface area (Å²) in [5.74, 6) is 0.728. The van der Waals surface area contributed by atoms with E-state index >= 15 is 0 Å². The molecule has 6 nitrogen and oxygen atoms in total. The molecule has 4 heterocycles. The Hall–Kier alpha value is -2.25. The number of fused-ring (bicyclic) bond motifs is 2. The quantitative estimate of drug-likeness (QED) is 0.609. The van der Waals surface area contributed by atoms with Gasteiger partial charge in [-0.2, -0.15) is 0 Å². The number of pyridine rings is 1. The lowest BCUT2D eigenvalue weighted by atomic mass is 10.2. The largest absolute Gasteiger partial charge is 0.337 e. The normalized spacial score (nSPS) is 14.0. The monoisotopic (exact) mass is 416 g/mol. The van der Waals surface area contributed by atoms with Crippen LogP contribution in [-0.4, -0.2) is 32.4 Å². The Morgan fingerprint density at radius 1 is 1.32 bits per heavy atom. The number of carbonyl (C=O) groups is 1. The molecular weight excluding hydrogens is 396 g/mol. The van der Waals surface area contributed by atoms with E-state index in [1.807, 2.05) is 13.0 Å². The highest BCUT2D eigenvalue weighted by molar-refractivity contribution is 7.20. The minimum absolute atomic E-state index is 0.0146. The lowest BCUT2D eigenvalue weighted by molar-refractivity contribution is 0.0789. The van der Waals surface area contributed by atoms with Crippen molar-refractivity contribution in [3.05, 3.63) is 55.7 Å². The molecular formula is C20H21ClN4O2S. The van der Waals surface area contributed by atoms with Gasteiger partial charge in [0.2, 0.25) is 0 Å². The Morgan fingerprint density at radius 2 is 2.14 bits per heavy atom. The van der Waals surface area contributed by atoms with Crippen LogP contribution in [0.1, 0.15) is 45.9 Å². The molecule has 3 aromatic rings. The first-order valence-corrected chi connectivity index (χ1v) is 10.5. The molecule has 146 valence electrons. The van der Waals surface area contributed by atoms with Crippen molar-refractivity contribution in [3.63, 3.8) is 0 Å². The smallest absolute Gasteiger partial charge is 0.264 e. The van der Waals surface area contributed by atoms with E-state index in [4.69, 9.17) is 16.6 Å². The molecule has 0 spiro atoms. The van der Waals surface area contributed by atoms with Gasteiger partial charge in [0.05, 0.1) is 10.3 Å². The first kappa shape index (κ1) is 19.1. The van der Waals surface area contributed by atoms with Crippen LogP contribution in [0.5, 0.6) is 0 Å². The number of hydrogen-bond acceptors (Lipinski definition) is 5. The van der Waals surface area contributed by atoms with Crippen molar-refractivity contribution < 1.29 is 4.79 Å². The van der Waals surface area contributed by atoms with Crippen LogP contribution < -0.4 is 5.56 Å². The summed E-state index contributed by atoms with van der Waals surface area (Å²) in [6.45, 7) is 2.97. The highest BCUT2D eigenvalue weighted by Crippen LogP contribution is 2.29. The Labute approximate surface area is 171 Å². The van der Waals surface area contributed by atoms with E-state index in [0.717, 1.165) is 42.6 Å². The fraction of sp³-hybridized carbons (Fsp3) is 0.400. The van der Waals surface area contributed by atoms with Gasteiger partial charge in [-0.3, -0.25) is 14.2 Å². The molecule has 1 aliphatic heterocycles. The van der Waals surface area contributed by atoms with Crippen LogP contribution in [0.4, 0.5) is 0 Å². The van der Waals surface area contributed by atoms with Gasteiger partial charge < -0.3 is 4.90 Å². The molecule has 1 amide bonds. The third kappa shape index (κ3) is 3.44. The van der Waals surface area contributed by atoms with Crippen LogP contribution in [-0.2, 0) is 19.5 Å². The molecule has 1 aliphatic rings. The summed E-state index contributed by atoms with van der Waals surface area (Å²) < 4.78 is 1.80. The molecule has 0 unspecified atom stereocenters. The van der Waals surface area contributed by atoms with E-state index in [1.165, 1.54) is 11.3 Å². The highest BCUT2D eigenvalue weighted by atomic mass is 35.5. The van der Waals surface area contributed by atoms with Gasteiger partial charge in [0.15, 0.2) is 0 Å². The van der Waals surface area contributed by atoms with E-state index in [0.29, 0.717) is 33.3 Å². The number of hydrogen-bond donors (Lipinski definition) is 0. The SMILES string of the molecule is Cc1c(C(=O)N(C)Cc2ccc(Cl)nc2)sc2nc3n(c(=O)c12)CCCCC3. The maximum Gasteiger partial charge on any atom is 0.264 e. The highest BCUT2D eigenvalue weighted by Gasteiger charge is 2.24. The Balaban J connectivity index is 1.69. The van der Waals surface area contributed by atoms with Crippen LogP contribution >= 0.6 is 22.9 Å². The van der Waals surface area contributed by atoms with Gasteiger partial charge in [-0.25, -0.2) is 9.97 Å². The molecule has 0 aliphatic carbocycles. The third-order valence-corrected chi connectivity index (χ3v) is 6.56. The second-order valence-corrected chi connectivity index (χ2v) is 8.57. The van der Waals surface area contributed by atoms with Gasteiger partial charge in [0, 0.05) is 32.8 Å². The van der Waals surface area contributed by atoms with Crippen LogP contribution in [0.25, 0.3) is 10.2 Å². The molecule has 3 aromatic heterocycles. The number of amides is 1. The van der Waals surface area contributed by atoms with Crippen molar-refractivity contribution in [2.45, 2.75) is 45.7 Å². The molecule has 4 rings (SSSR count). The fourth-order valence-corrected chi connectivity index (χ4v) is 4.93. The molecule has 0 radical (unpaired) electrons. The van der Waals surface area contributed by atoms with Gasteiger partial charge in [-0.1, -0.05) is 24.1 Å². The van der Waals surface area contributed by atoms with Gasteiger partial charge in [0.25, 0.3) is 11.5 Å². The Kier molecular flexibility index (Phi) is 5.21. The summed E-state index contributed by atoms with van der Waals surface area (Å²) in [5, 5.41) is 1.00. The predicted octanol–water partition coefficient (Wildman–Crippen LogP) is 3.81. The molecule has 0 saturated carbocycles. The minimum atomic E-state index is -0.116. The summed E-state index contributed by atoms with van der Waals surface area (Å²) in [6, 6.07) is 3.56. The van der Waals surface area contributed by atoms with Crippen LogP contribution in [0.15, 0.2) is 23.1 Å². The topological polar surface area (TPSA) is 68.1 Å². The molecule has 8 heteroatoms. The van der Waals surface area contributed by atoms with Crippen LogP contribution in [0.2, 0.25) is 5.15 Å². The summed E-state index contributed by atoms with van der Waals surface area (Å²) in [6.07, 6.45) is 5.63. The van der Waals surface area contributed by atoms with Crippen molar-refractivity contribution in [2.24, 2.45) is 0 Å². The van der Waals surface area contributed by atoms with Gasteiger partial charge >= 0.3 is 0 Å². The average molecular weight is 417 g/mol. The zero-order chi connectivity index (χ0) is 19.8. The summed E-state index contributed by atoms with van der Waals surface area (Å²) >= 11 is 7.14. The number of aromatic nitrogens is 3. The van der Waals surface area contributed by atoms with Crippen molar-refractivity contribution in [3.8, 4) is 0 Å². The maximum absolute atomic E-state index is 13.1. The molecule has 0 bridgehead atoms. The fourth-order valence-electron chi connectivity index (χ4n) is 3.63. The number of rotatable bonds is 3. The zero-order valence-electron chi connectivity index (χ0n) is 15.9. The van der Waals surface area contributed by atoms with Crippen LogP contribution in [0, 0.1) is 6.92 Å². The van der Waals surface area contributed by atoms with Gasteiger partial charge in [-0.05, 0) is 37.0 Å². The number of thiophene rings is 1. The average Bonchev–Trinajstić information content (AvgIpc) is 2.85. The van der Waals surface area contributed by atoms with Crippen molar-refractivity contribution in [2.75, 3.05) is 7.05 Å². The van der Waals surface area contributed by atoms with Crippen molar-refractivity contribution in [1.82, 2.24) is 19.4 Å². The van der Waals surface area contributed by atoms with Crippen LogP contribution in [0.3, 0.4) is 0 Å². The second-order valence-electron chi connectivity index (χ2n) is 7.18. The summed E-state index contributed by atoms with van der Waals surface area (Å²) in [4.78, 5) is 37.8.